The van der Waals surface area contributed by atoms with Crippen LogP contribution in [0.15, 0.2) is 0 Å². The number of aliphatic carboxylic acids is 1. The zero-order valence-electron chi connectivity index (χ0n) is 11.5. The molecule has 0 fully saturated rings. The summed E-state index contributed by atoms with van der Waals surface area (Å²) in [6.07, 6.45) is 4.62. The van der Waals surface area contributed by atoms with Gasteiger partial charge in [0, 0.05) is 23.4 Å². The van der Waals surface area contributed by atoms with Crippen molar-refractivity contribution in [2.45, 2.75) is 59.3 Å². The minimum Gasteiger partial charge on any atom is -0.481 e. The van der Waals surface area contributed by atoms with Gasteiger partial charge in [-0.3, -0.25) is 4.79 Å². The molecule has 0 bridgehead atoms. The molecule has 0 amide bonds. The van der Waals surface area contributed by atoms with E-state index in [2.05, 4.69) is 16.9 Å². The maximum atomic E-state index is 10.9. The Hall–Kier alpha value is -1.45. The maximum Gasteiger partial charge on any atom is 0.307 e. The molecule has 0 atom stereocenters. The van der Waals surface area contributed by atoms with Crippen molar-refractivity contribution in [3.05, 3.63) is 22.8 Å². The quantitative estimate of drug-likeness (QED) is 0.807. The average Bonchev–Trinajstić information content (AvgIpc) is 2.36. The largest absolute Gasteiger partial charge is 0.481 e. The van der Waals surface area contributed by atoms with Gasteiger partial charge in [0.2, 0.25) is 0 Å². The van der Waals surface area contributed by atoms with Crippen LogP contribution < -0.4 is 0 Å². The van der Waals surface area contributed by atoms with Crippen molar-refractivity contribution in [1.29, 1.82) is 0 Å². The minimum atomic E-state index is -0.815. The molecule has 0 aromatic carbocycles. The van der Waals surface area contributed by atoms with Crippen LogP contribution in [0.1, 0.15) is 56.4 Å². The van der Waals surface area contributed by atoms with Crippen molar-refractivity contribution >= 4 is 5.97 Å². The molecule has 1 aromatic heterocycles. The van der Waals surface area contributed by atoms with E-state index in [4.69, 9.17) is 5.11 Å². The van der Waals surface area contributed by atoms with E-state index in [1.54, 1.807) is 0 Å². The lowest BCUT2D eigenvalue weighted by Crippen LogP contribution is -2.13. The Morgan fingerprint density at radius 3 is 2.06 bits per heavy atom. The SMILES string of the molecule is CCCCc1nc(CC)c(CC(=O)O)c(CC)n1. The normalized spacial score (nSPS) is 10.6. The lowest BCUT2D eigenvalue weighted by Gasteiger charge is -2.12. The highest BCUT2D eigenvalue weighted by Crippen LogP contribution is 2.15. The molecule has 4 nitrogen and oxygen atoms in total. The lowest BCUT2D eigenvalue weighted by atomic mass is 10.0. The second kappa shape index (κ2) is 7.09. The molecule has 0 radical (unpaired) electrons. The molecule has 1 rings (SSSR count). The molecular weight excluding hydrogens is 228 g/mol. The number of nitrogens with zero attached hydrogens (tertiary/aromatic N) is 2. The molecule has 4 heteroatoms. The van der Waals surface area contributed by atoms with Gasteiger partial charge in [-0.1, -0.05) is 27.2 Å². The number of hydrogen-bond acceptors (Lipinski definition) is 3. The van der Waals surface area contributed by atoms with Crippen molar-refractivity contribution < 1.29 is 9.90 Å². The average molecular weight is 250 g/mol. The number of carboxylic acid groups (broad SMARTS) is 1. The Morgan fingerprint density at radius 1 is 1.11 bits per heavy atom. The summed E-state index contributed by atoms with van der Waals surface area (Å²) >= 11 is 0. The lowest BCUT2D eigenvalue weighted by molar-refractivity contribution is -0.136. The molecule has 0 saturated carbocycles. The van der Waals surface area contributed by atoms with E-state index in [1.165, 1.54) is 0 Å². The summed E-state index contributed by atoms with van der Waals surface area (Å²) in [6.45, 7) is 6.16. The van der Waals surface area contributed by atoms with Crippen LogP contribution in [0.25, 0.3) is 0 Å². The summed E-state index contributed by atoms with van der Waals surface area (Å²) in [7, 11) is 0. The Balaban J connectivity index is 3.12. The van der Waals surface area contributed by atoms with Gasteiger partial charge >= 0.3 is 5.97 Å². The standard InChI is InChI=1S/C14H22N2O2/c1-4-7-8-13-15-11(5-2)10(9-14(17)18)12(6-3)16-13/h4-9H2,1-3H3,(H,17,18). The summed E-state index contributed by atoms with van der Waals surface area (Å²) in [5.74, 6) is 0.0454. The van der Waals surface area contributed by atoms with Gasteiger partial charge in [0.15, 0.2) is 0 Å². The Bertz CT molecular complexity index is 391. The van der Waals surface area contributed by atoms with Gasteiger partial charge in [-0.2, -0.15) is 0 Å². The Morgan fingerprint density at radius 2 is 1.67 bits per heavy atom. The first kappa shape index (κ1) is 14.6. The number of unbranched alkanes of at least 4 members (excludes halogenated alkanes) is 1. The fourth-order valence-electron chi connectivity index (χ4n) is 2.02. The molecule has 18 heavy (non-hydrogen) atoms. The Kier molecular flexibility index (Phi) is 5.75. The molecule has 0 aliphatic heterocycles. The van der Waals surface area contributed by atoms with Crippen LogP contribution in [-0.4, -0.2) is 21.0 Å². The molecular formula is C14H22N2O2. The highest BCUT2D eigenvalue weighted by Gasteiger charge is 2.14. The third kappa shape index (κ3) is 3.79. The van der Waals surface area contributed by atoms with Gasteiger partial charge in [-0.05, 0) is 19.3 Å². The van der Waals surface area contributed by atoms with E-state index in [0.717, 1.165) is 54.9 Å². The van der Waals surface area contributed by atoms with E-state index in [-0.39, 0.29) is 6.42 Å². The van der Waals surface area contributed by atoms with Crippen LogP contribution in [0, 0.1) is 0 Å². The van der Waals surface area contributed by atoms with Gasteiger partial charge in [-0.25, -0.2) is 9.97 Å². The van der Waals surface area contributed by atoms with Gasteiger partial charge in [0.05, 0.1) is 6.42 Å². The van der Waals surface area contributed by atoms with E-state index >= 15 is 0 Å². The van der Waals surface area contributed by atoms with Gasteiger partial charge in [-0.15, -0.1) is 0 Å². The van der Waals surface area contributed by atoms with Crippen molar-refractivity contribution in [1.82, 2.24) is 9.97 Å². The summed E-state index contributed by atoms with van der Waals surface area (Å²) < 4.78 is 0. The molecule has 100 valence electrons. The first-order valence-electron chi connectivity index (χ1n) is 6.71. The zero-order valence-corrected chi connectivity index (χ0v) is 11.5. The zero-order chi connectivity index (χ0) is 13.5. The number of aryl methyl sites for hydroxylation is 3. The topological polar surface area (TPSA) is 63.1 Å². The predicted molar refractivity (Wildman–Crippen MR) is 70.7 cm³/mol. The van der Waals surface area contributed by atoms with Gasteiger partial charge in [0.1, 0.15) is 5.82 Å². The monoisotopic (exact) mass is 250 g/mol. The highest BCUT2D eigenvalue weighted by molar-refractivity contribution is 5.71. The van der Waals surface area contributed by atoms with Crippen LogP contribution >= 0.6 is 0 Å². The van der Waals surface area contributed by atoms with Crippen LogP contribution in [0.3, 0.4) is 0 Å². The van der Waals surface area contributed by atoms with E-state index in [9.17, 15) is 4.79 Å². The molecule has 1 heterocycles. The van der Waals surface area contributed by atoms with E-state index in [0.29, 0.717) is 0 Å². The molecule has 0 aliphatic rings. The molecule has 0 saturated heterocycles. The van der Waals surface area contributed by atoms with Gasteiger partial charge in [0.25, 0.3) is 0 Å². The van der Waals surface area contributed by atoms with Crippen LogP contribution in [-0.2, 0) is 30.5 Å². The fourth-order valence-corrected chi connectivity index (χ4v) is 2.02. The number of carbonyl (C=O) groups is 1. The molecule has 1 N–H and O–H groups in total. The first-order valence-corrected chi connectivity index (χ1v) is 6.71. The third-order valence-corrected chi connectivity index (χ3v) is 2.98. The smallest absolute Gasteiger partial charge is 0.307 e. The number of hydrogen-bond donors (Lipinski definition) is 1. The van der Waals surface area contributed by atoms with Crippen LogP contribution in [0.4, 0.5) is 0 Å². The summed E-state index contributed by atoms with van der Waals surface area (Å²) in [6, 6.07) is 0. The van der Waals surface area contributed by atoms with E-state index in [1.807, 2.05) is 13.8 Å². The second-order valence-corrected chi connectivity index (χ2v) is 4.39. The molecule has 0 spiro atoms. The summed E-state index contributed by atoms with van der Waals surface area (Å²) in [4.78, 5) is 19.9. The number of aromatic nitrogens is 2. The third-order valence-electron chi connectivity index (χ3n) is 2.98. The highest BCUT2D eigenvalue weighted by atomic mass is 16.4. The predicted octanol–water partition coefficient (Wildman–Crippen LogP) is 2.57. The molecule has 0 unspecified atom stereocenters. The van der Waals surface area contributed by atoms with Crippen molar-refractivity contribution in [3.63, 3.8) is 0 Å². The van der Waals surface area contributed by atoms with E-state index < -0.39 is 5.97 Å². The first-order chi connectivity index (χ1) is 8.62. The minimum absolute atomic E-state index is 0.0282. The number of carboxylic acids is 1. The fraction of sp³-hybridized carbons (Fsp3) is 0.643. The van der Waals surface area contributed by atoms with Crippen molar-refractivity contribution in [3.8, 4) is 0 Å². The number of rotatable bonds is 7. The summed E-state index contributed by atoms with van der Waals surface area (Å²) in [5, 5.41) is 8.96. The molecule has 1 aromatic rings. The Labute approximate surface area is 108 Å². The van der Waals surface area contributed by atoms with Gasteiger partial charge < -0.3 is 5.11 Å². The molecule has 0 aliphatic carbocycles. The summed E-state index contributed by atoms with van der Waals surface area (Å²) in [5.41, 5.74) is 2.61. The van der Waals surface area contributed by atoms with Crippen molar-refractivity contribution in [2.24, 2.45) is 0 Å². The van der Waals surface area contributed by atoms with Crippen molar-refractivity contribution in [2.75, 3.05) is 0 Å². The van der Waals surface area contributed by atoms with Crippen LogP contribution in [0.5, 0.6) is 0 Å². The van der Waals surface area contributed by atoms with Crippen LogP contribution in [0.2, 0.25) is 0 Å². The maximum absolute atomic E-state index is 10.9. The second-order valence-electron chi connectivity index (χ2n) is 4.39.